The number of nitrogens with two attached hydrogens (primary N) is 1. The fourth-order valence-corrected chi connectivity index (χ4v) is 0.971. The fraction of sp³-hybridized carbons (Fsp3) is 1.00. The maximum atomic E-state index is 5.36. The minimum Gasteiger partial charge on any atom is -0.382 e. The van der Waals surface area contributed by atoms with Gasteiger partial charge in [0.1, 0.15) is 0 Å². The molecule has 0 aromatic rings. The van der Waals surface area contributed by atoms with Crippen molar-refractivity contribution in [3.05, 3.63) is 0 Å². The highest BCUT2D eigenvalue weighted by atomic mass is 16.5. The van der Waals surface area contributed by atoms with Gasteiger partial charge in [0.25, 0.3) is 0 Å². The standard InChI is InChI=1S/C8H19NO2/c1-10-7-8(11-2)5-3-4-6-9/h8H,3-7,9H2,1-2H3/t8-/m1/s1. The molecule has 0 aliphatic carbocycles. The second-order valence-corrected chi connectivity index (χ2v) is 2.60. The van der Waals surface area contributed by atoms with E-state index in [1.54, 1.807) is 14.2 Å². The Labute approximate surface area is 68.9 Å². The summed E-state index contributed by atoms with van der Waals surface area (Å²) >= 11 is 0. The fourth-order valence-electron chi connectivity index (χ4n) is 0.971. The average Bonchev–Trinajstić information content (AvgIpc) is 2.03. The van der Waals surface area contributed by atoms with Crippen LogP contribution in [0.1, 0.15) is 19.3 Å². The Balaban J connectivity index is 3.20. The Morgan fingerprint density at radius 1 is 1.27 bits per heavy atom. The number of unbranched alkanes of at least 4 members (excludes halogenated alkanes) is 1. The zero-order valence-electron chi connectivity index (χ0n) is 7.51. The quantitative estimate of drug-likeness (QED) is 0.561. The van der Waals surface area contributed by atoms with E-state index in [9.17, 15) is 0 Å². The number of hydrogen-bond acceptors (Lipinski definition) is 3. The van der Waals surface area contributed by atoms with Gasteiger partial charge < -0.3 is 15.2 Å². The van der Waals surface area contributed by atoms with Crippen LogP contribution in [0.15, 0.2) is 0 Å². The van der Waals surface area contributed by atoms with Gasteiger partial charge in [-0.1, -0.05) is 0 Å². The van der Waals surface area contributed by atoms with E-state index in [0.717, 1.165) is 25.8 Å². The molecule has 0 spiro atoms. The molecule has 2 N–H and O–H groups in total. The van der Waals surface area contributed by atoms with Gasteiger partial charge in [0.15, 0.2) is 0 Å². The molecule has 0 amide bonds. The first-order valence-electron chi connectivity index (χ1n) is 4.07. The molecule has 0 heterocycles. The molecule has 0 radical (unpaired) electrons. The summed E-state index contributed by atoms with van der Waals surface area (Å²) in [7, 11) is 3.40. The van der Waals surface area contributed by atoms with E-state index in [2.05, 4.69) is 0 Å². The topological polar surface area (TPSA) is 44.5 Å². The molecule has 0 fully saturated rings. The van der Waals surface area contributed by atoms with Crippen molar-refractivity contribution in [1.82, 2.24) is 0 Å². The smallest absolute Gasteiger partial charge is 0.0804 e. The third kappa shape index (κ3) is 6.28. The van der Waals surface area contributed by atoms with Crippen LogP contribution in [-0.2, 0) is 9.47 Å². The van der Waals surface area contributed by atoms with Crippen LogP contribution in [0.5, 0.6) is 0 Å². The molecule has 3 heteroatoms. The first-order chi connectivity index (χ1) is 5.35. The van der Waals surface area contributed by atoms with Crippen molar-refractivity contribution in [1.29, 1.82) is 0 Å². The van der Waals surface area contributed by atoms with E-state index in [4.69, 9.17) is 15.2 Å². The van der Waals surface area contributed by atoms with Gasteiger partial charge in [-0.2, -0.15) is 0 Å². The first-order valence-corrected chi connectivity index (χ1v) is 4.07. The zero-order valence-corrected chi connectivity index (χ0v) is 7.51. The molecule has 0 aliphatic rings. The number of hydrogen-bond donors (Lipinski definition) is 1. The van der Waals surface area contributed by atoms with Crippen molar-refractivity contribution in [2.24, 2.45) is 5.73 Å². The normalized spacial score (nSPS) is 13.4. The number of rotatable bonds is 7. The maximum Gasteiger partial charge on any atom is 0.0804 e. The molecule has 0 rings (SSSR count). The molecule has 1 atom stereocenters. The van der Waals surface area contributed by atoms with Crippen molar-refractivity contribution < 1.29 is 9.47 Å². The second-order valence-electron chi connectivity index (χ2n) is 2.60. The van der Waals surface area contributed by atoms with Crippen LogP contribution in [0.25, 0.3) is 0 Å². The summed E-state index contributed by atoms with van der Waals surface area (Å²) in [5.74, 6) is 0. The second kappa shape index (κ2) is 7.98. The highest BCUT2D eigenvalue weighted by molar-refractivity contribution is 4.56. The third-order valence-corrected chi connectivity index (χ3v) is 1.67. The predicted molar refractivity (Wildman–Crippen MR) is 45.6 cm³/mol. The van der Waals surface area contributed by atoms with Gasteiger partial charge in [0.2, 0.25) is 0 Å². The van der Waals surface area contributed by atoms with Crippen molar-refractivity contribution in [2.75, 3.05) is 27.4 Å². The zero-order chi connectivity index (χ0) is 8.53. The molecule has 0 aromatic heterocycles. The van der Waals surface area contributed by atoms with E-state index >= 15 is 0 Å². The first kappa shape index (κ1) is 10.9. The minimum absolute atomic E-state index is 0.242. The summed E-state index contributed by atoms with van der Waals surface area (Å²) in [6, 6.07) is 0. The largest absolute Gasteiger partial charge is 0.382 e. The van der Waals surface area contributed by atoms with Gasteiger partial charge in [-0.05, 0) is 25.8 Å². The van der Waals surface area contributed by atoms with Gasteiger partial charge in [0.05, 0.1) is 12.7 Å². The Morgan fingerprint density at radius 3 is 2.45 bits per heavy atom. The Kier molecular flexibility index (Phi) is 7.89. The number of ether oxygens (including phenoxy) is 2. The molecule has 0 bridgehead atoms. The monoisotopic (exact) mass is 161 g/mol. The minimum atomic E-state index is 0.242. The van der Waals surface area contributed by atoms with E-state index in [1.807, 2.05) is 0 Å². The third-order valence-electron chi connectivity index (χ3n) is 1.67. The average molecular weight is 161 g/mol. The summed E-state index contributed by atoms with van der Waals surface area (Å²) in [6.45, 7) is 1.45. The van der Waals surface area contributed by atoms with Crippen LogP contribution in [0, 0.1) is 0 Å². The molecular formula is C8H19NO2. The Hall–Kier alpha value is -0.120. The summed E-state index contributed by atoms with van der Waals surface area (Å²) in [6.07, 6.45) is 3.48. The van der Waals surface area contributed by atoms with Gasteiger partial charge in [0, 0.05) is 14.2 Å². The van der Waals surface area contributed by atoms with E-state index in [0.29, 0.717) is 6.61 Å². The molecule has 0 aromatic carbocycles. The van der Waals surface area contributed by atoms with Crippen LogP contribution in [0.4, 0.5) is 0 Å². The summed E-state index contributed by atoms with van der Waals surface area (Å²) in [4.78, 5) is 0. The lowest BCUT2D eigenvalue weighted by Gasteiger charge is -2.13. The summed E-state index contributed by atoms with van der Waals surface area (Å²) < 4.78 is 10.1. The summed E-state index contributed by atoms with van der Waals surface area (Å²) in [5, 5.41) is 0. The lowest BCUT2D eigenvalue weighted by atomic mass is 10.1. The molecule has 0 saturated heterocycles. The highest BCUT2D eigenvalue weighted by Gasteiger charge is 2.04. The van der Waals surface area contributed by atoms with Crippen LogP contribution in [-0.4, -0.2) is 33.5 Å². The van der Waals surface area contributed by atoms with E-state index in [-0.39, 0.29) is 6.10 Å². The molecular weight excluding hydrogens is 142 g/mol. The van der Waals surface area contributed by atoms with Crippen LogP contribution < -0.4 is 5.73 Å². The van der Waals surface area contributed by atoms with Crippen LogP contribution in [0.3, 0.4) is 0 Å². The molecule has 0 aliphatic heterocycles. The van der Waals surface area contributed by atoms with Gasteiger partial charge >= 0.3 is 0 Å². The van der Waals surface area contributed by atoms with Crippen molar-refractivity contribution in [3.8, 4) is 0 Å². The number of methoxy groups -OCH3 is 2. The molecule has 0 unspecified atom stereocenters. The predicted octanol–water partition coefficient (Wildman–Crippen LogP) is 0.777. The van der Waals surface area contributed by atoms with Gasteiger partial charge in [-0.25, -0.2) is 0 Å². The molecule has 11 heavy (non-hydrogen) atoms. The van der Waals surface area contributed by atoms with Crippen LogP contribution in [0.2, 0.25) is 0 Å². The van der Waals surface area contributed by atoms with Crippen molar-refractivity contribution in [3.63, 3.8) is 0 Å². The van der Waals surface area contributed by atoms with E-state index in [1.165, 1.54) is 0 Å². The maximum absolute atomic E-state index is 5.36. The van der Waals surface area contributed by atoms with Crippen molar-refractivity contribution in [2.45, 2.75) is 25.4 Å². The van der Waals surface area contributed by atoms with E-state index < -0.39 is 0 Å². The Morgan fingerprint density at radius 2 is 2.00 bits per heavy atom. The Bertz CT molecular complexity index is 78.5. The van der Waals surface area contributed by atoms with Gasteiger partial charge in [-0.3, -0.25) is 0 Å². The summed E-state index contributed by atoms with van der Waals surface area (Å²) in [5.41, 5.74) is 5.36. The molecule has 3 nitrogen and oxygen atoms in total. The molecule has 0 saturated carbocycles. The van der Waals surface area contributed by atoms with Gasteiger partial charge in [-0.15, -0.1) is 0 Å². The van der Waals surface area contributed by atoms with Crippen molar-refractivity contribution >= 4 is 0 Å². The lowest BCUT2D eigenvalue weighted by Crippen LogP contribution is -2.17. The highest BCUT2D eigenvalue weighted by Crippen LogP contribution is 2.03. The lowest BCUT2D eigenvalue weighted by molar-refractivity contribution is 0.0222. The SMILES string of the molecule is COC[C@@H](CCCCN)OC. The molecule has 68 valence electrons. The van der Waals surface area contributed by atoms with Crippen LogP contribution >= 0.6 is 0 Å².